The lowest BCUT2D eigenvalue weighted by Gasteiger charge is -2.23. The Morgan fingerprint density at radius 2 is 1.12 bits per heavy atom. The first-order valence-electron chi connectivity index (χ1n) is 8.45. The van der Waals surface area contributed by atoms with Gasteiger partial charge in [-0.3, -0.25) is 19.2 Å². The highest BCUT2D eigenvalue weighted by Crippen LogP contribution is 2.29. The fourth-order valence-electron chi connectivity index (χ4n) is 2.64. The Morgan fingerprint density at radius 1 is 0.720 bits per heavy atom. The molecule has 8 heteroatoms. The molecule has 0 aliphatic rings. The summed E-state index contributed by atoms with van der Waals surface area (Å²) in [7, 11) is 2.07. The van der Waals surface area contributed by atoms with E-state index in [1.165, 1.54) is 0 Å². The molecule has 0 amide bonds. The second-order valence-electron chi connectivity index (χ2n) is 5.92. The van der Waals surface area contributed by atoms with Crippen molar-refractivity contribution in [1.29, 1.82) is 0 Å². The Morgan fingerprint density at radius 3 is 1.48 bits per heavy atom. The molecule has 0 aliphatic carbocycles. The number of carbonyl (C=O) groups excluding carboxylic acids is 2. The highest BCUT2D eigenvalue weighted by molar-refractivity contribution is 6.17. The topological polar surface area (TPSA) is 127 Å². The molecule has 0 radical (unpaired) electrons. The minimum absolute atomic E-state index is 0.166. The van der Waals surface area contributed by atoms with E-state index < -0.39 is 29.3 Å². The molecule has 2 N–H and O–H groups in total. The Hall–Kier alpha value is -2.12. The normalized spacial score (nSPS) is 11.0. The van der Waals surface area contributed by atoms with Gasteiger partial charge in [-0.1, -0.05) is 44.9 Å². The van der Waals surface area contributed by atoms with Gasteiger partial charge in [-0.05, 0) is 12.8 Å². The third-order valence-electron chi connectivity index (χ3n) is 4.13. The molecule has 0 aromatic heterocycles. The SMILES string of the molecule is COC(=O)C(CCCCCCCCCCC(=O)O)(C(=O)O)C(=O)OC. The van der Waals surface area contributed by atoms with Crippen LogP contribution in [0.4, 0.5) is 0 Å². The molecule has 144 valence electrons. The fourth-order valence-corrected chi connectivity index (χ4v) is 2.64. The maximum absolute atomic E-state index is 11.8. The van der Waals surface area contributed by atoms with Gasteiger partial charge in [0.05, 0.1) is 14.2 Å². The van der Waals surface area contributed by atoms with Crippen LogP contribution < -0.4 is 0 Å². The molecular weight excluding hydrogens is 332 g/mol. The van der Waals surface area contributed by atoms with Crippen molar-refractivity contribution >= 4 is 23.9 Å². The van der Waals surface area contributed by atoms with Gasteiger partial charge in [-0.15, -0.1) is 0 Å². The monoisotopic (exact) mass is 360 g/mol. The van der Waals surface area contributed by atoms with Crippen LogP contribution in [-0.4, -0.2) is 48.3 Å². The molecule has 0 unspecified atom stereocenters. The van der Waals surface area contributed by atoms with Crippen LogP contribution in [0.2, 0.25) is 0 Å². The summed E-state index contributed by atoms with van der Waals surface area (Å²) in [4.78, 5) is 45.5. The molecule has 0 aromatic carbocycles. The second kappa shape index (κ2) is 12.3. The van der Waals surface area contributed by atoms with Gasteiger partial charge in [-0.25, -0.2) is 0 Å². The summed E-state index contributed by atoms with van der Waals surface area (Å²) in [5, 5.41) is 17.9. The van der Waals surface area contributed by atoms with E-state index in [-0.39, 0.29) is 12.8 Å². The third-order valence-corrected chi connectivity index (χ3v) is 4.13. The fraction of sp³-hybridized carbons (Fsp3) is 0.765. The molecule has 25 heavy (non-hydrogen) atoms. The van der Waals surface area contributed by atoms with Crippen molar-refractivity contribution in [2.75, 3.05) is 14.2 Å². The number of carboxylic acid groups (broad SMARTS) is 2. The summed E-state index contributed by atoms with van der Waals surface area (Å²) in [5.41, 5.74) is -2.31. The zero-order valence-electron chi connectivity index (χ0n) is 14.9. The third kappa shape index (κ3) is 7.53. The summed E-state index contributed by atoms with van der Waals surface area (Å²) in [6, 6.07) is 0. The number of methoxy groups -OCH3 is 2. The second-order valence-corrected chi connectivity index (χ2v) is 5.92. The first-order chi connectivity index (χ1) is 11.8. The summed E-state index contributed by atoms with van der Waals surface area (Å²) in [6.07, 6.45) is 6.34. The molecule has 0 heterocycles. The molecular formula is C17H28O8. The number of carboxylic acids is 2. The number of hydrogen-bond acceptors (Lipinski definition) is 6. The summed E-state index contributed by atoms with van der Waals surface area (Å²) in [6.45, 7) is 0. The quantitative estimate of drug-likeness (QED) is 0.274. The van der Waals surface area contributed by atoms with Crippen LogP contribution in [0.1, 0.15) is 64.2 Å². The van der Waals surface area contributed by atoms with Gasteiger partial charge in [0.2, 0.25) is 0 Å². The van der Waals surface area contributed by atoms with Gasteiger partial charge in [0.1, 0.15) is 0 Å². The van der Waals surface area contributed by atoms with Crippen molar-refractivity contribution in [3.63, 3.8) is 0 Å². The van der Waals surface area contributed by atoms with E-state index in [4.69, 9.17) is 5.11 Å². The Bertz CT molecular complexity index is 442. The highest BCUT2D eigenvalue weighted by atomic mass is 16.5. The average Bonchev–Trinajstić information content (AvgIpc) is 2.58. The van der Waals surface area contributed by atoms with Gasteiger partial charge in [0.25, 0.3) is 5.41 Å². The average molecular weight is 360 g/mol. The van der Waals surface area contributed by atoms with Crippen molar-refractivity contribution in [2.45, 2.75) is 64.2 Å². The largest absolute Gasteiger partial charge is 0.481 e. The molecule has 0 fully saturated rings. The van der Waals surface area contributed by atoms with Crippen LogP contribution in [0.3, 0.4) is 0 Å². The van der Waals surface area contributed by atoms with E-state index in [1.54, 1.807) is 0 Å². The van der Waals surface area contributed by atoms with Crippen LogP contribution in [-0.2, 0) is 28.7 Å². The maximum Gasteiger partial charge on any atom is 0.334 e. The predicted molar refractivity (Wildman–Crippen MR) is 87.9 cm³/mol. The van der Waals surface area contributed by atoms with Crippen molar-refractivity contribution in [1.82, 2.24) is 0 Å². The first kappa shape index (κ1) is 22.9. The Balaban J connectivity index is 4.20. The maximum atomic E-state index is 11.8. The van der Waals surface area contributed by atoms with E-state index in [9.17, 15) is 24.3 Å². The summed E-state index contributed by atoms with van der Waals surface area (Å²) >= 11 is 0. The minimum atomic E-state index is -2.31. The van der Waals surface area contributed by atoms with Gasteiger partial charge in [0, 0.05) is 6.42 Å². The van der Waals surface area contributed by atoms with Gasteiger partial charge >= 0.3 is 23.9 Å². The molecule has 0 spiro atoms. The number of carbonyl (C=O) groups is 4. The summed E-state index contributed by atoms with van der Waals surface area (Å²) in [5.74, 6) is -4.58. The van der Waals surface area contributed by atoms with E-state index in [0.29, 0.717) is 19.3 Å². The van der Waals surface area contributed by atoms with Gasteiger partial charge in [-0.2, -0.15) is 0 Å². The standard InChI is InChI=1S/C17H28O8/c1-24-15(22)17(14(20)21,16(23)25-2)12-10-8-6-4-3-5-7-9-11-13(18)19/h3-12H2,1-2H3,(H,18,19)(H,20,21). The molecule has 0 rings (SSSR count). The van der Waals surface area contributed by atoms with E-state index >= 15 is 0 Å². The molecule has 0 saturated heterocycles. The van der Waals surface area contributed by atoms with Crippen molar-refractivity contribution < 1.29 is 38.9 Å². The number of hydrogen-bond donors (Lipinski definition) is 2. The Kier molecular flexibility index (Phi) is 11.2. The van der Waals surface area contributed by atoms with Crippen molar-refractivity contribution in [3.05, 3.63) is 0 Å². The number of esters is 2. The van der Waals surface area contributed by atoms with Crippen LogP contribution in [0, 0.1) is 5.41 Å². The van der Waals surface area contributed by atoms with Gasteiger partial charge < -0.3 is 19.7 Å². The van der Waals surface area contributed by atoms with Crippen LogP contribution in [0.25, 0.3) is 0 Å². The van der Waals surface area contributed by atoms with Crippen molar-refractivity contribution in [3.8, 4) is 0 Å². The number of rotatable bonds is 14. The zero-order chi connectivity index (χ0) is 19.3. The smallest absolute Gasteiger partial charge is 0.334 e. The number of unbranched alkanes of at least 4 members (excludes halogenated alkanes) is 7. The van der Waals surface area contributed by atoms with Crippen LogP contribution >= 0.6 is 0 Å². The van der Waals surface area contributed by atoms with Crippen molar-refractivity contribution in [2.24, 2.45) is 5.41 Å². The van der Waals surface area contributed by atoms with Crippen LogP contribution in [0.5, 0.6) is 0 Å². The lowest BCUT2D eigenvalue weighted by molar-refractivity contribution is -0.179. The molecule has 0 aliphatic heterocycles. The lowest BCUT2D eigenvalue weighted by atomic mass is 9.82. The molecule has 8 nitrogen and oxygen atoms in total. The number of ether oxygens (including phenoxy) is 2. The number of aliphatic carboxylic acids is 2. The van der Waals surface area contributed by atoms with E-state index in [0.717, 1.165) is 46.3 Å². The van der Waals surface area contributed by atoms with E-state index in [1.807, 2.05) is 0 Å². The zero-order valence-corrected chi connectivity index (χ0v) is 14.9. The lowest BCUT2D eigenvalue weighted by Crippen LogP contribution is -2.47. The van der Waals surface area contributed by atoms with Crippen LogP contribution in [0.15, 0.2) is 0 Å². The molecule has 0 saturated carbocycles. The summed E-state index contributed by atoms with van der Waals surface area (Å²) < 4.78 is 8.98. The minimum Gasteiger partial charge on any atom is -0.481 e. The Labute approximate surface area is 147 Å². The predicted octanol–water partition coefficient (Wildman–Crippen LogP) is 2.39. The van der Waals surface area contributed by atoms with E-state index in [2.05, 4.69) is 9.47 Å². The first-order valence-corrected chi connectivity index (χ1v) is 8.45. The highest BCUT2D eigenvalue weighted by Gasteiger charge is 2.55. The molecule has 0 aromatic rings. The molecule has 0 atom stereocenters. The van der Waals surface area contributed by atoms with Gasteiger partial charge in [0.15, 0.2) is 0 Å². The molecule has 0 bridgehead atoms.